The molecule has 1 saturated heterocycles. The van der Waals surface area contributed by atoms with E-state index in [1.165, 1.54) is 0 Å². The molecule has 0 aliphatic carbocycles. The number of nitrogens with zero attached hydrogens (tertiary/aromatic N) is 2. The predicted octanol–water partition coefficient (Wildman–Crippen LogP) is 1.89. The molecule has 1 aliphatic rings. The van der Waals surface area contributed by atoms with E-state index < -0.39 is 11.8 Å². The van der Waals surface area contributed by atoms with Crippen LogP contribution in [-0.4, -0.2) is 35.6 Å². The normalized spacial score (nSPS) is 16.9. The van der Waals surface area contributed by atoms with Gasteiger partial charge >= 0.3 is 0 Å². The first-order valence-electron chi connectivity index (χ1n) is 9.44. The molecule has 2 aromatic rings. The standard InChI is InChI=1S/C21H24N4O3/c1-2-14-5-3-7-18-16(12-25(20(14)18)13-19(23)26)9-15(10-22)21(27)24-11-17-6-4-8-28-17/h3,5,7,9,12,17H,2,4,6,8,11,13H2,1H3,(H2,23,26)(H,24,27)/b15-9+/t17-/m0/s1. The van der Waals surface area contributed by atoms with Crippen molar-refractivity contribution < 1.29 is 14.3 Å². The van der Waals surface area contributed by atoms with Gasteiger partial charge in [0.25, 0.3) is 5.91 Å². The van der Waals surface area contributed by atoms with Gasteiger partial charge < -0.3 is 20.4 Å². The number of nitriles is 1. The molecule has 1 aromatic heterocycles. The van der Waals surface area contributed by atoms with Gasteiger partial charge in [-0.3, -0.25) is 9.59 Å². The molecule has 2 heterocycles. The number of hydrogen-bond donors (Lipinski definition) is 2. The van der Waals surface area contributed by atoms with Gasteiger partial charge in [0, 0.05) is 30.3 Å². The summed E-state index contributed by atoms with van der Waals surface area (Å²) in [5.41, 5.74) is 8.07. The van der Waals surface area contributed by atoms with Gasteiger partial charge in [0.1, 0.15) is 18.2 Å². The van der Waals surface area contributed by atoms with E-state index in [9.17, 15) is 14.9 Å². The summed E-state index contributed by atoms with van der Waals surface area (Å²) in [4.78, 5) is 23.9. The Morgan fingerprint density at radius 2 is 2.29 bits per heavy atom. The van der Waals surface area contributed by atoms with Gasteiger partial charge in [0.2, 0.25) is 5.91 Å². The fourth-order valence-electron chi connectivity index (χ4n) is 3.57. The quantitative estimate of drug-likeness (QED) is 0.564. The largest absolute Gasteiger partial charge is 0.376 e. The molecule has 3 N–H and O–H groups in total. The van der Waals surface area contributed by atoms with E-state index in [1.807, 2.05) is 31.2 Å². The lowest BCUT2D eigenvalue weighted by Crippen LogP contribution is -2.32. The Kier molecular flexibility index (Phi) is 6.12. The molecule has 1 aromatic carbocycles. The van der Waals surface area contributed by atoms with Crippen LogP contribution in [0.5, 0.6) is 0 Å². The van der Waals surface area contributed by atoms with Crippen molar-refractivity contribution in [1.29, 1.82) is 5.26 Å². The maximum atomic E-state index is 12.4. The molecule has 0 unspecified atom stereocenters. The van der Waals surface area contributed by atoms with Crippen LogP contribution in [0.2, 0.25) is 0 Å². The average molecular weight is 380 g/mol. The molecule has 7 heteroatoms. The molecule has 7 nitrogen and oxygen atoms in total. The van der Waals surface area contributed by atoms with Gasteiger partial charge in [-0.05, 0) is 30.9 Å². The molecule has 0 radical (unpaired) electrons. The zero-order chi connectivity index (χ0) is 20.1. The van der Waals surface area contributed by atoms with Crippen LogP contribution in [0.3, 0.4) is 0 Å². The summed E-state index contributed by atoms with van der Waals surface area (Å²) in [7, 11) is 0. The number of hydrogen-bond acceptors (Lipinski definition) is 4. The SMILES string of the molecule is CCc1cccc2c(/C=C(\C#N)C(=O)NC[C@@H]3CCCO3)cn(CC(N)=O)c12. The van der Waals surface area contributed by atoms with Crippen molar-refractivity contribution in [2.75, 3.05) is 13.2 Å². The van der Waals surface area contributed by atoms with Crippen LogP contribution in [0.4, 0.5) is 0 Å². The topological polar surface area (TPSA) is 110 Å². The Labute approximate surface area is 163 Å². The third kappa shape index (κ3) is 4.24. The fourth-order valence-corrected chi connectivity index (χ4v) is 3.57. The highest BCUT2D eigenvalue weighted by Crippen LogP contribution is 2.27. The zero-order valence-electron chi connectivity index (χ0n) is 15.9. The Morgan fingerprint density at radius 1 is 1.46 bits per heavy atom. The summed E-state index contributed by atoms with van der Waals surface area (Å²) in [6.07, 6.45) is 6.01. The van der Waals surface area contributed by atoms with Gasteiger partial charge in [0.15, 0.2) is 0 Å². The van der Waals surface area contributed by atoms with Crippen LogP contribution < -0.4 is 11.1 Å². The average Bonchev–Trinajstić information content (AvgIpc) is 3.32. The molecule has 1 atom stereocenters. The first-order chi connectivity index (χ1) is 13.5. The number of benzene rings is 1. The van der Waals surface area contributed by atoms with Crippen molar-refractivity contribution in [3.63, 3.8) is 0 Å². The molecule has 0 saturated carbocycles. The minimum Gasteiger partial charge on any atom is -0.376 e. The van der Waals surface area contributed by atoms with Crippen LogP contribution in [0, 0.1) is 11.3 Å². The number of amides is 2. The van der Waals surface area contributed by atoms with Crippen molar-refractivity contribution in [3.8, 4) is 6.07 Å². The first kappa shape index (κ1) is 19.6. The van der Waals surface area contributed by atoms with Crippen molar-refractivity contribution in [3.05, 3.63) is 41.1 Å². The van der Waals surface area contributed by atoms with Crippen LogP contribution in [-0.2, 0) is 27.3 Å². The second-order valence-corrected chi connectivity index (χ2v) is 6.86. The number of ether oxygens (including phenoxy) is 1. The molecule has 146 valence electrons. The summed E-state index contributed by atoms with van der Waals surface area (Å²) < 4.78 is 7.27. The number of primary amides is 1. The van der Waals surface area contributed by atoms with Gasteiger partial charge in [-0.2, -0.15) is 5.26 Å². The highest BCUT2D eigenvalue weighted by molar-refractivity contribution is 6.04. The second kappa shape index (κ2) is 8.72. The van der Waals surface area contributed by atoms with E-state index in [4.69, 9.17) is 10.5 Å². The third-order valence-electron chi connectivity index (χ3n) is 4.90. The third-order valence-corrected chi connectivity index (χ3v) is 4.90. The maximum absolute atomic E-state index is 12.4. The number of para-hydroxylation sites is 1. The molecule has 0 bridgehead atoms. The zero-order valence-corrected chi connectivity index (χ0v) is 15.9. The maximum Gasteiger partial charge on any atom is 0.262 e. The Bertz CT molecular complexity index is 962. The number of carbonyl (C=O) groups excluding carboxylic acids is 2. The smallest absolute Gasteiger partial charge is 0.262 e. The number of fused-ring (bicyclic) bond motifs is 1. The fraction of sp³-hybridized carbons (Fsp3) is 0.381. The van der Waals surface area contributed by atoms with Gasteiger partial charge in [-0.25, -0.2) is 0 Å². The van der Waals surface area contributed by atoms with Crippen molar-refractivity contribution in [1.82, 2.24) is 9.88 Å². The van der Waals surface area contributed by atoms with E-state index in [-0.39, 0.29) is 18.2 Å². The van der Waals surface area contributed by atoms with E-state index in [0.717, 1.165) is 35.7 Å². The summed E-state index contributed by atoms with van der Waals surface area (Å²) in [5.74, 6) is -0.881. The lowest BCUT2D eigenvalue weighted by Gasteiger charge is -2.10. The van der Waals surface area contributed by atoms with Crippen molar-refractivity contribution >= 4 is 28.8 Å². The van der Waals surface area contributed by atoms with Gasteiger partial charge in [-0.15, -0.1) is 0 Å². The highest BCUT2D eigenvalue weighted by Gasteiger charge is 2.18. The van der Waals surface area contributed by atoms with Crippen molar-refractivity contribution in [2.24, 2.45) is 5.73 Å². The molecular formula is C21H24N4O3. The number of rotatable bonds is 7. The summed E-state index contributed by atoms with van der Waals surface area (Å²) in [5, 5.41) is 13.1. The predicted molar refractivity (Wildman–Crippen MR) is 106 cm³/mol. The lowest BCUT2D eigenvalue weighted by molar-refractivity contribution is -0.119. The molecule has 1 aliphatic heterocycles. The number of nitrogens with one attached hydrogen (secondary N) is 1. The molecular weight excluding hydrogens is 356 g/mol. The minimum absolute atomic E-state index is 0.00786. The van der Waals surface area contributed by atoms with E-state index >= 15 is 0 Å². The number of nitrogens with two attached hydrogens (primary N) is 1. The monoisotopic (exact) mass is 380 g/mol. The lowest BCUT2D eigenvalue weighted by atomic mass is 10.1. The number of aryl methyl sites for hydroxylation is 1. The van der Waals surface area contributed by atoms with Gasteiger partial charge in [-0.1, -0.05) is 25.1 Å². The highest BCUT2D eigenvalue weighted by atomic mass is 16.5. The van der Waals surface area contributed by atoms with E-state index in [2.05, 4.69) is 5.32 Å². The second-order valence-electron chi connectivity index (χ2n) is 6.86. The molecule has 2 amide bonds. The van der Waals surface area contributed by atoms with Crippen LogP contribution >= 0.6 is 0 Å². The summed E-state index contributed by atoms with van der Waals surface area (Å²) in [6.45, 7) is 3.17. The van der Waals surface area contributed by atoms with Crippen LogP contribution in [0.1, 0.15) is 30.9 Å². The van der Waals surface area contributed by atoms with Crippen LogP contribution in [0.15, 0.2) is 30.0 Å². The Morgan fingerprint density at radius 3 is 2.93 bits per heavy atom. The van der Waals surface area contributed by atoms with Crippen molar-refractivity contribution in [2.45, 2.75) is 38.8 Å². The number of carbonyl (C=O) groups is 2. The van der Waals surface area contributed by atoms with E-state index in [0.29, 0.717) is 18.7 Å². The molecule has 1 fully saturated rings. The molecule has 0 spiro atoms. The first-order valence-corrected chi connectivity index (χ1v) is 9.44. The Hall–Kier alpha value is -3.11. The molecule has 3 rings (SSSR count). The van der Waals surface area contributed by atoms with Gasteiger partial charge in [0.05, 0.1) is 11.6 Å². The van der Waals surface area contributed by atoms with Crippen LogP contribution in [0.25, 0.3) is 17.0 Å². The van der Waals surface area contributed by atoms with E-state index in [1.54, 1.807) is 16.8 Å². The summed E-state index contributed by atoms with van der Waals surface area (Å²) >= 11 is 0. The number of aromatic nitrogens is 1. The summed E-state index contributed by atoms with van der Waals surface area (Å²) in [6, 6.07) is 7.81. The molecule has 28 heavy (non-hydrogen) atoms. The Balaban J connectivity index is 1.93. The minimum atomic E-state index is -0.451.